The van der Waals surface area contributed by atoms with E-state index in [-0.39, 0.29) is 28.4 Å². The second kappa shape index (κ2) is 9.76. The van der Waals surface area contributed by atoms with E-state index in [1.54, 1.807) is 24.9 Å². The van der Waals surface area contributed by atoms with Crippen molar-refractivity contribution in [2.45, 2.75) is 51.4 Å². The van der Waals surface area contributed by atoms with Crippen molar-refractivity contribution in [3.8, 4) is 12.3 Å². The van der Waals surface area contributed by atoms with Crippen LogP contribution in [0.15, 0.2) is 29.1 Å². The van der Waals surface area contributed by atoms with Crippen LogP contribution < -0.4 is 16.6 Å². The topological polar surface area (TPSA) is 106 Å². The number of benzene rings is 1. The first-order chi connectivity index (χ1) is 17.8. The Kier molecular flexibility index (Phi) is 6.97. The van der Waals surface area contributed by atoms with Crippen LogP contribution in [0.2, 0.25) is 0 Å². The molecule has 3 heterocycles. The third kappa shape index (κ3) is 4.84. The first-order valence-corrected chi connectivity index (χ1v) is 12.1. The molecule has 1 saturated heterocycles. The first-order valence-electron chi connectivity index (χ1n) is 12.1. The third-order valence-corrected chi connectivity index (χ3v) is 7.26. The summed E-state index contributed by atoms with van der Waals surface area (Å²) in [6, 6.07) is 4.55. The number of nitrogens with two attached hydrogens (primary N) is 1. The number of hydrogen-bond acceptors (Lipinski definition) is 6. The Labute approximate surface area is 218 Å². The van der Waals surface area contributed by atoms with Crippen LogP contribution in [0.4, 0.5) is 19.0 Å². The lowest BCUT2D eigenvalue weighted by atomic mass is 9.82. The number of fused-ring (bicyclic) bond motifs is 1. The number of carbonyl (C=O) groups is 1. The van der Waals surface area contributed by atoms with E-state index in [1.165, 1.54) is 30.5 Å². The van der Waals surface area contributed by atoms with Crippen LogP contribution in [0, 0.1) is 26.2 Å². The molecular weight excluding hydrogens is 497 g/mol. The van der Waals surface area contributed by atoms with Crippen molar-refractivity contribution in [1.29, 1.82) is 0 Å². The highest BCUT2D eigenvalue weighted by Gasteiger charge is 2.37. The number of aromatic nitrogens is 3. The van der Waals surface area contributed by atoms with Crippen LogP contribution in [-0.2, 0) is 23.6 Å². The Balaban J connectivity index is 1.82. The van der Waals surface area contributed by atoms with Crippen molar-refractivity contribution in [3.05, 3.63) is 62.7 Å². The molecule has 0 bridgehead atoms. The van der Waals surface area contributed by atoms with E-state index < -0.39 is 23.3 Å². The molecule has 2 aromatic heterocycles. The maximum Gasteiger partial charge on any atom is 0.416 e. The van der Waals surface area contributed by atoms with E-state index in [4.69, 9.17) is 12.2 Å². The van der Waals surface area contributed by atoms with Crippen molar-refractivity contribution in [1.82, 2.24) is 19.4 Å². The van der Waals surface area contributed by atoms with Crippen LogP contribution in [-0.4, -0.2) is 38.4 Å². The summed E-state index contributed by atoms with van der Waals surface area (Å²) >= 11 is 0. The van der Waals surface area contributed by atoms with Gasteiger partial charge in [-0.15, -0.1) is 6.42 Å². The molecule has 1 amide bonds. The van der Waals surface area contributed by atoms with Gasteiger partial charge in [0, 0.05) is 38.2 Å². The molecule has 0 spiro atoms. The van der Waals surface area contributed by atoms with Crippen molar-refractivity contribution in [2.75, 3.05) is 18.4 Å². The minimum absolute atomic E-state index is 0.0109. The molecule has 38 heavy (non-hydrogen) atoms. The molecule has 0 saturated carbocycles. The molecule has 1 aromatic carbocycles. The number of likely N-dealkylation sites (tertiary alicyclic amines) is 1. The summed E-state index contributed by atoms with van der Waals surface area (Å²) in [7, 11) is 1.58. The van der Waals surface area contributed by atoms with Crippen LogP contribution in [0.3, 0.4) is 0 Å². The predicted octanol–water partition coefficient (Wildman–Crippen LogP) is 3.55. The molecule has 1 aliphatic heterocycles. The third-order valence-electron chi connectivity index (χ3n) is 7.26. The monoisotopic (exact) mass is 526 g/mol. The van der Waals surface area contributed by atoms with E-state index in [0.717, 1.165) is 6.07 Å². The molecule has 200 valence electrons. The molecule has 1 atom stereocenters. The van der Waals surface area contributed by atoms with Crippen LogP contribution >= 0.6 is 0 Å². The van der Waals surface area contributed by atoms with Gasteiger partial charge in [0.25, 0.3) is 5.56 Å². The standard InChI is InChI=1S/C27H29F3N6O2/c1-6-22(18-8-7-9-20(15(18)2)27(28,29)30)34-23-19-14-21(25(38)35(5)24(19)33-16(3)32-23)26(31)10-12-36(13-11-26)17(4)37/h1,7-9,14,22H,10-13,31H2,2-5H3,(H,32,33,34)/t22-/m1/s1. The van der Waals surface area contributed by atoms with Crippen LogP contribution in [0.5, 0.6) is 0 Å². The van der Waals surface area contributed by atoms with Gasteiger partial charge in [-0.2, -0.15) is 13.2 Å². The van der Waals surface area contributed by atoms with E-state index >= 15 is 0 Å². The Morgan fingerprint density at radius 2 is 1.89 bits per heavy atom. The number of alkyl halides is 3. The van der Waals surface area contributed by atoms with Gasteiger partial charge < -0.3 is 16.0 Å². The van der Waals surface area contributed by atoms with Gasteiger partial charge in [-0.25, -0.2) is 9.97 Å². The molecule has 3 N–H and O–H groups in total. The highest BCUT2D eigenvalue weighted by atomic mass is 19.4. The van der Waals surface area contributed by atoms with Gasteiger partial charge in [0.2, 0.25) is 5.91 Å². The summed E-state index contributed by atoms with van der Waals surface area (Å²) in [4.78, 5) is 35.8. The van der Waals surface area contributed by atoms with Crippen molar-refractivity contribution in [3.63, 3.8) is 0 Å². The molecule has 3 aromatic rings. The fourth-order valence-corrected chi connectivity index (χ4v) is 5.01. The lowest BCUT2D eigenvalue weighted by Crippen LogP contribution is -2.52. The minimum atomic E-state index is -4.53. The number of nitrogens with one attached hydrogen (secondary N) is 1. The minimum Gasteiger partial charge on any atom is -0.352 e. The van der Waals surface area contributed by atoms with Gasteiger partial charge in [0.05, 0.1) is 10.9 Å². The number of anilines is 1. The molecule has 4 rings (SSSR count). The number of aryl methyl sites for hydroxylation is 2. The molecule has 1 fully saturated rings. The lowest BCUT2D eigenvalue weighted by Gasteiger charge is -2.39. The van der Waals surface area contributed by atoms with Gasteiger partial charge in [-0.3, -0.25) is 14.2 Å². The van der Waals surface area contributed by atoms with E-state index in [2.05, 4.69) is 21.2 Å². The van der Waals surface area contributed by atoms with Crippen LogP contribution in [0.1, 0.15) is 53.9 Å². The second-order valence-corrected chi connectivity index (χ2v) is 9.70. The lowest BCUT2D eigenvalue weighted by molar-refractivity contribution is -0.138. The molecule has 0 unspecified atom stereocenters. The zero-order valence-electron chi connectivity index (χ0n) is 21.6. The number of rotatable bonds is 4. The van der Waals surface area contributed by atoms with Gasteiger partial charge in [-0.05, 0) is 49.9 Å². The Bertz CT molecular complexity index is 1510. The zero-order chi connectivity index (χ0) is 28.0. The summed E-state index contributed by atoms with van der Waals surface area (Å²) in [6.07, 6.45) is 2.02. The van der Waals surface area contributed by atoms with Crippen molar-refractivity contribution < 1.29 is 18.0 Å². The zero-order valence-corrected chi connectivity index (χ0v) is 21.6. The Hall–Kier alpha value is -3.91. The number of pyridine rings is 1. The Morgan fingerprint density at radius 3 is 2.47 bits per heavy atom. The van der Waals surface area contributed by atoms with Crippen molar-refractivity contribution in [2.24, 2.45) is 12.8 Å². The normalized spacial score (nSPS) is 16.2. The number of hydrogen-bond donors (Lipinski definition) is 2. The van der Waals surface area contributed by atoms with Gasteiger partial charge in [-0.1, -0.05) is 18.1 Å². The SMILES string of the molecule is C#C[C@@H](Nc1nc(C)nc2c1cc(C1(N)CCN(C(C)=O)CC1)c(=O)n2C)c1cccc(C(F)(F)F)c1C. The van der Waals surface area contributed by atoms with E-state index in [1.807, 2.05) is 0 Å². The van der Waals surface area contributed by atoms with E-state index in [0.29, 0.717) is 48.4 Å². The Morgan fingerprint density at radius 1 is 1.24 bits per heavy atom. The molecule has 11 heteroatoms. The fourth-order valence-electron chi connectivity index (χ4n) is 5.01. The molecule has 8 nitrogen and oxygen atoms in total. The summed E-state index contributed by atoms with van der Waals surface area (Å²) in [5.74, 6) is 3.09. The maximum absolute atomic E-state index is 13.5. The molecule has 0 aliphatic carbocycles. The summed E-state index contributed by atoms with van der Waals surface area (Å²) in [5, 5.41) is 3.55. The number of nitrogens with zero attached hydrogens (tertiary/aromatic N) is 4. The van der Waals surface area contributed by atoms with Gasteiger partial charge in [0.15, 0.2) is 0 Å². The molecule has 0 radical (unpaired) electrons. The largest absolute Gasteiger partial charge is 0.416 e. The smallest absolute Gasteiger partial charge is 0.352 e. The number of amides is 1. The van der Waals surface area contributed by atoms with Gasteiger partial charge >= 0.3 is 6.18 Å². The van der Waals surface area contributed by atoms with Crippen molar-refractivity contribution >= 4 is 22.8 Å². The summed E-state index contributed by atoms with van der Waals surface area (Å²) in [6.45, 7) is 5.34. The predicted molar refractivity (Wildman–Crippen MR) is 138 cm³/mol. The molecular formula is C27H29F3N6O2. The average Bonchev–Trinajstić information content (AvgIpc) is 2.84. The first kappa shape index (κ1) is 27.1. The summed E-state index contributed by atoms with van der Waals surface area (Å²) in [5.41, 5.74) is 5.62. The second-order valence-electron chi connectivity index (χ2n) is 9.70. The maximum atomic E-state index is 13.5. The highest BCUT2D eigenvalue weighted by molar-refractivity contribution is 5.88. The quantitative estimate of drug-likeness (QED) is 0.504. The number of carbonyl (C=O) groups excluding carboxylic acids is 1. The van der Waals surface area contributed by atoms with E-state index in [9.17, 15) is 22.8 Å². The number of terminal acetylenes is 1. The fraction of sp³-hybridized carbons (Fsp3) is 0.407. The highest BCUT2D eigenvalue weighted by Crippen LogP contribution is 2.36. The number of piperidine rings is 1. The summed E-state index contributed by atoms with van der Waals surface area (Å²) < 4.78 is 42.0. The molecule has 1 aliphatic rings. The average molecular weight is 527 g/mol. The number of halogens is 3. The van der Waals surface area contributed by atoms with Gasteiger partial charge in [0.1, 0.15) is 23.3 Å². The van der Waals surface area contributed by atoms with Crippen LogP contribution in [0.25, 0.3) is 11.0 Å².